The second kappa shape index (κ2) is 5.16. The first-order valence-corrected chi connectivity index (χ1v) is 5.91. The monoisotopic (exact) mass is 221 g/mol. The first kappa shape index (κ1) is 11.2. The van der Waals surface area contributed by atoms with Gasteiger partial charge in [0.15, 0.2) is 0 Å². The van der Waals surface area contributed by atoms with E-state index in [0.717, 1.165) is 25.1 Å². The number of anilines is 2. The van der Waals surface area contributed by atoms with Crippen LogP contribution in [0.15, 0.2) is 18.3 Å². The lowest BCUT2D eigenvalue weighted by Crippen LogP contribution is -2.38. The minimum absolute atomic E-state index is 0.189. The van der Waals surface area contributed by atoms with Crippen LogP contribution in [0.1, 0.15) is 25.7 Å². The minimum Gasteiger partial charge on any atom is -0.394 e. The molecule has 0 amide bonds. The van der Waals surface area contributed by atoms with Gasteiger partial charge in [-0.05, 0) is 25.0 Å². The van der Waals surface area contributed by atoms with Crippen LogP contribution in [0.3, 0.4) is 0 Å². The summed E-state index contributed by atoms with van der Waals surface area (Å²) in [4.78, 5) is 6.31. The van der Waals surface area contributed by atoms with Crippen molar-refractivity contribution in [3.63, 3.8) is 0 Å². The molecule has 0 saturated carbocycles. The molecule has 0 aliphatic carbocycles. The lowest BCUT2D eigenvalue weighted by molar-refractivity contribution is 0.255. The normalized spacial score (nSPS) is 21.8. The third-order valence-corrected chi connectivity index (χ3v) is 3.21. The number of nitrogen functional groups attached to an aromatic ring is 1. The summed E-state index contributed by atoms with van der Waals surface area (Å²) in [7, 11) is 0. The van der Waals surface area contributed by atoms with Crippen LogP contribution >= 0.6 is 0 Å². The van der Waals surface area contributed by atoms with Gasteiger partial charge >= 0.3 is 0 Å². The highest BCUT2D eigenvalue weighted by atomic mass is 16.3. The third-order valence-electron chi connectivity index (χ3n) is 3.21. The van der Waals surface area contributed by atoms with Gasteiger partial charge in [0.1, 0.15) is 5.82 Å². The van der Waals surface area contributed by atoms with E-state index in [1.807, 2.05) is 12.1 Å². The zero-order chi connectivity index (χ0) is 11.4. The fourth-order valence-electron chi connectivity index (χ4n) is 2.34. The summed E-state index contributed by atoms with van der Waals surface area (Å²) < 4.78 is 0. The smallest absolute Gasteiger partial charge is 0.146 e. The second-order valence-electron chi connectivity index (χ2n) is 4.29. The molecule has 1 aromatic rings. The van der Waals surface area contributed by atoms with Crippen LogP contribution in [0.2, 0.25) is 0 Å². The van der Waals surface area contributed by atoms with Crippen molar-refractivity contribution in [2.24, 2.45) is 0 Å². The van der Waals surface area contributed by atoms with Crippen molar-refractivity contribution >= 4 is 11.5 Å². The zero-order valence-electron chi connectivity index (χ0n) is 9.47. The number of hydrogen-bond donors (Lipinski definition) is 2. The Morgan fingerprint density at radius 3 is 3.06 bits per heavy atom. The van der Waals surface area contributed by atoms with Crippen LogP contribution in [0.5, 0.6) is 0 Å². The Kier molecular flexibility index (Phi) is 3.62. The summed E-state index contributed by atoms with van der Waals surface area (Å²) in [5.41, 5.74) is 6.85. The van der Waals surface area contributed by atoms with Crippen LogP contribution in [0, 0.1) is 0 Å². The number of aliphatic hydroxyl groups excluding tert-OH is 1. The average molecular weight is 221 g/mol. The van der Waals surface area contributed by atoms with Crippen LogP contribution in [-0.2, 0) is 0 Å². The van der Waals surface area contributed by atoms with E-state index in [4.69, 9.17) is 5.73 Å². The maximum Gasteiger partial charge on any atom is 0.146 e. The van der Waals surface area contributed by atoms with Crippen molar-refractivity contribution < 1.29 is 5.11 Å². The lowest BCUT2D eigenvalue weighted by atomic mass is 10.1. The molecule has 0 aromatic carbocycles. The van der Waals surface area contributed by atoms with Gasteiger partial charge in [0.2, 0.25) is 0 Å². The Labute approximate surface area is 96.1 Å². The van der Waals surface area contributed by atoms with Crippen molar-refractivity contribution in [3.8, 4) is 0 Å². The molecule has 1 aromatic heterocycles. The van der Waals surface area contributed by atoms with Crippen LogP contribution in [-0.4, -0.2) is 29.3 Å². The summed E-state index contributed by atoms with van der Waals surface area (Å²) in [5.74, 6) is 0.558. The molecule has 4 heteroatoms. The molecule has 1 unspecified atom stereocenters. The lowest BCUT2D eigenvalue weighted by Gasteiger charge is -2.31. The third kappa shape index (κ3) is 2.27. The first-order valence-electron chi connectivity index (χ1n) is 5.91. The van der Waals surface area contributed by atoms with E-state index in [1.54, 1.807) is 6.20 Å². The van der Waals surface area contributed by atoms with Gasteiger partial charge < -0.3 is 15.7 Å². The summed E-state index contributed by atoms with van der Waals surface area (Å²) in [6, 6.07) is 4.07. The van der Waals surface area contributed by atoms with Gasteiger partial charge in [-0.1, -0.05) is 12.8 Å². The molecule has 2 rings (SSSR count). The molecule has 2 heterocycles. The van der Waals surface area contributed by atoms with Gasteiger partial charge in [0.05, 0.1) is 18.3 Å². The predicted octanol–water partition coefficient (Wildman–Crippen LogP) is 1.41. The summed E-state index contributed by atoms with van der Waals surface area (Å²) >= 11 is 0. The van der Waals surface area contributed by atoms with Crippen LogP contribution in [0.25, 0.3) is 0 Å². The molecule has 1 atom stereocenters. The van der Waals surface area contributed by atoms with E-state index in [-0.39, 0.29) is 12.6 Å². The van der Waals surface area contributed by atoms with Gasteiger partial charge in [-0.25, -0.2) is 4.98 Å². The van der Waals surface area contributed by atoms with Crippen LogP contribution < -0.4 is 10.6 Å². The Hall–Kier alpha value is -1.29. The summed E-state index contributed by atoms with van der Waals surface area (Å²) in [5, 5.41) is 9.44. The zero-order valence-corrected chi connectivity index (χ0v) is 9.47. The van der Waals surface area contributed by atoms with Crippen LogP contribution in [0.4, 0.5) is 11.5 Å². The van der Waals surface area contributed by atoms with Gasteiger partial charge in [-0.15, -0.1) is 0 Å². The molecule has 1 fully saturated rings. The number of nitrogens with two attached hydrogens (primary N) is 1. The molecule has 4 nitrogen and oxygen atoms in total. The highest BCUT2D eigenvalue weighted by Gasteiger charge is 2.22. The van der Waals surface area contributed by atoms with Crippen molar-refractivity contribution in [1.29, 1.82) is 0 Å². The molecule has 0 radical (unpaired) electrons. The Balaban J connectivity index is 2.25. The highest BCUT2D eigenvalue weighted by molar-refractivity contribution is 5.63. The number of nitrogens with zero attached hydrogens (tertiary/aromatic N) is 2. The van der Waals surface area contributed by atoms with E-state index in [1.165, 1.54) is 12.8 Å². The SMILES string of the molecule is Nc1ncccc1N1CCCCCC1CO. The quantitative estimate of drug-likeness (QED) is 0.792. The van der Waals surface area contributed by atoms with E-state index in [2.05, 4.69) is 9.88 Å². The highest BCUT2D eigenvalue weighted by Crippen LogP contribution is 2.27. The molecule has 3 N–H and O–H groups in total. The van der Waals surface area contributed by atoms with Crippen molar-refractivity contribution in [1.82, 2.24) is 4.98 Å². The first-order chi connectivity index (χ1) is 7.83. The summed E-state index contributed by atoms with van der Waals surface area (Å²) in [6.07, 6.45) is 6.30. The maximum absolute atomic E-state index is 9.44. The Morgan fingerprint density at radius 1 is 1.44 bits per heavy atom. The van der Waals surface area contributed by atoms with Gasteiger partial charge in [0, 0.05) is 12.7 Å². The topological polar surface area (TPSA) is 62.4 Å². The van der Waals surface area contributed by atoms with E-state index in [9.17, 15) is 5.11 Å². The standard InChI is InChI=1S/C12H19N3O/c13-12-11(6-4-7-14-12)15-8-3-1-2-5-10(15)9-16/h4,6-7,10,16H,1-3,5,8-9H2,(H2,13,14). The Bertz CT molecular complexity index is 343. The molecule has 0 spiro atoms. The minimum atomic E-state index is 0.189. The molecule has 88 valence electrons. The molecule has 1 aliphatic heterocycles. The van der Waals surface area contributed by atoms with E-state index in [0.29, 0.717) is 5.82 Å². The van der Waals surface area contributed by atoms with E-state index >= 15 is 0 Å². The summed E-state index contributed by atoms with van der Waals surface area (Å²) in [6.45, 7) is 1.15. The molecule has 0 bridgehead atoms. The molecular weight excluding hydrogens is 202 g/mol. The molecule has 16 heavy (non-hydrogen) atoms. The van der Waals surface area contributed by atoms with Crippen molar-refractivity contribution in [2.45, 2.75) is 31.7 Å². The fourth-order valence-corrected chi connectivity index (χ4v) is 2.34. The molecule has 1 saturated heterocycles. The van der Waals surface area contributed by atoms with E-state index < -0.39 is 0 Å². The van der Waals surface area contributed by atoms with Crippen molar-refractivity contribution in [3.05, 3.63) is 18.3 Å². The number of rotatable bonds is 2. The maximum atomic E-state index is 9.44. The van der Waals surface area contributed by atoms with Gasteiger partial charge in [0.25, 0.3) is 0 Å². The van der Waals surface area contributed by atoms with Crippen molar-refractivity contribution in [2.75, 3.05) is 23.8 Å². The largest absolute Gasteiger partial charge is 0.394 e. The van der Waals surface area contributed by atoms with Gasteiger partial charge in [-0.3, -0.25) is 0 Å². The molecule has 1 aliphatic rings. The Morgan fingerprint density at radius 2 is 2.31 bits per heavy atom. The molecular formula is C12H19N3O. The van der Waals surface area contributed by atoms with Gasteiger partial charge in [-0.2, -0.15) is 0 Å². The fraction of sp³-hybridized carbons (Fsp3) is 0.583. The number of pyridine rings is 1. The average Bonchev–Trinajstić information content (AvgIpc) is 2.54. The number of aliphatic hydroxyl groups is 1. The predicted molar refractivity (Wildman–Crippen MR) is 65.3 cm³/mol. The second-order valence-corrected chi connectivity index (χ2v) is 4.29. The number of aromatic nitrogens is 1. The number of hydrogen-bond acceptors (Lipinski definition) is 4.